The molecule has 6 nitrogen and oxygen atoms in total. The molecule has 0 aromatic heterocycles. The quantitative estimate of drug-likeness (QED) is 0.806. The van der Waals surface area contributed by atoms with E-state index < -0.39 is 6.09 Å². The molecule has 2 fully saturated rings. The molecule has 1 aromatic rings. The van der Waals surface area contributed by atoms with Gasteiger partial charge in [0.05, 0.1) is 18.1 Å². The zero-order valence-corrected chi connectivity index (χ0v) is 14.9. The number of carbonyl (C=O) groups is 2. The van der Waals surface area contributed by atoms with Gasteiger partial charge in [-0.05, 0) is 37.5 Å². The lowest BCUT2D eigenvalue weighted by Crippen LogP contribution is -2.48. The van der Waals surface area contributed by atoms with Crippen molar-refractivity contribution in [3.8, 4) is 5.75 Å². The number of piperidine rings is 1. The first-order chi connectivity index (χ1) is 12.0. The molecule has 2 aliphatic heterocycles. The lowest BCUT2D eigenvalue weighted by atomic mass is 10.00. The molecule has 1 amide bonds. The van der Waals surface area contributed by atoms with Crippen LogP contribution in [0, 0.1) is 0 Å². The Bertz CT molecular complexity index is 651. The van der Waals surface area contributed by atoms with E-state index in [1.54, 1.807) is 30.0 Å². The van der Waals surface area contributed by atoms with E-state index in [9.17, 15) is 14.7 Å². The van der Waals surface area contributed by atoms with Crippen molar-refractivity contribution in [1.29, 1.82) is 0 Å². The maximum atomic E-state index is 11.5. The van der Waals surface area contributed by atoms with Crippen LogP contribution in [0.5, 0.6) is 5.75 Å². The number of nitrogens with zero attached hydrogens (tertiary/aromatic N) is 1. The average molecular weight is 368 g/mol. The molecule has 7 heteroatoms. The Labute approximate surface area is 151 Å². The van der Waals surface area contributed by atoms with Gasteiger partial charge in [-0.2, -0.15) is 0 Å². The second-order valence-electron chi connectivity index (χ2n) is 6.53. The standard InChI is InChI=1S/C18H22ClNO5/c1-2-24-17(21)8-11-3-6-16(15(19)7-11)25-14-9-12-4-5-13(10-14)20(12)18(22)23/h3,6-7,12-14H,2,4-5,8-10H2,1H3,(H,22,23)/t12-,13+,14+. The highest BCUT2D eigenvalue weighted by atomic mass is 35.5. The molecule has 3 atom stereocenters. The van der Waals surface area contributed by atoms with Gasteiger partial charge in [0.15, 0.2) is 0 Å². The van der Waals surface area contributed by atoms with Crippen LogP contribution in [-0.2, 0) is 16.0 Å². The molecular formula is C18H22ClNO5. The first-order valence-corrected chi connectivity index (χ1v) is 8.97. The predicted molar refractivity (Wildman–Crippen MR) is 92.1 cm³/mol. The minimum atomic E-state index is -0.840. The highest BCUT2D eigenvalue weighted by molar-refractivity contribution is 6.32. The summed E-state index contributed by atoms with van der Waals surface area (Å²) in [6.07, 6.45) is 2.45. The highest BCUT2D eigenvalue weighted by Gasteiger charge is 2.44. The highest BCUT2D eigenvalue weighted by Crippen LogP contribution is 2.38. The number of halogens is 1. The summed E-state index contributed by atoms with van der Waals surface area (Å²) in [5.41, 5.74) is 0.775. The van der Waals surface area contributed by atoms with E-state index in [0.717, 1.165) is 18.4 Å². The van der Waals surface area contributed by atoms with E-state index in [1.165, 1.54) is 0 Å². The summed E-state index contributed by atoms with van der Waals surface area (Å²) >= 11 is 6.30. The Kier molecular flexibility index (Phi) is 5.37. The molecule has 0 aliphatic carbocycles. The Hall–Kier alpha value is -1.95. The zero-order valence-electron chi connectivity index (χ0n) is 14.1. The number of esters is 1. The number of carbonyl (C=O) groups excluding carboxylic acids is 1. The lowest BCUT2D eigenvalue weighted by Gasteiger charge is -2.37. The molecule has 3 rings (SSSR count). The summed E-state index contributed by atoms with van der Waals surface area (Å²) in [5, 5.41) is 9.76. The first-order valence-electron chi connectivity index (χ1n) is 8.60. The van der Waals surface area contributed by atoms with Crippen LogP contribution in [0.4, 0.5) is 4.79 Å². The molecule has 0 saturated carbocycles. The third kappa shape index (κ3) is 4.00. The van der Waals surface area contributed by atoms with Crippen LogP contribution in [0.15, 0.2) is 18.2 Å². The number of hydrogen-bond acceptors (Lipinski definition) is 4. The topological polar surface area (TPSA) is 76.1 Å². The van der Waals surface area contributed by atoms with Gasteiger partial charge in [-0.15, -0.1) is 0 Å². The van der Waals surface area contributed by atoms with Crippen molar-refractivity contribution in [3.05, 3.63) is 28.8 Å². The summed E-state index contributed by atoms with van der Waals surface area (Å²) < 4.78 is 11.0. The summed E-state index contributed by atoms with van der Waals surface area (Å²) in [6.45, 7) is 2.12. The zero-order chi connectivity index (χ0) is 18.0. The van der Waals surface area contributed by atoms with Crippen LogP contribution < -0.4 is 4.74 Å². The third-order valence-electron chi connectivity index (χ3n) is 4.85. The largest absolute Gasteiger partial charge is 0.489 e. The molecule has 0 unspecified atom stereocenters. The number of amides is 1. The SMILES string of the molecule is CCOC(=O)Cc1ccc(O[C@H]2C[C@H]3CC[C@@H](C2)N3C(=O)O)c(Cl)c1. The summed E-state index contributed by atoms with van der Waals surface area (Å²) in [4.78, 5) is 24.4. The molecule has 1 N–H and O–H groups in total. The van der Waals surface area contributed by atoms with E-state index in [0.29, 0.717) is 30.2 Å². The van der Waals surface area contributed by atoms with Crippen molar-refractivity contribution >= 4 is 23.7 Å². The normalized spacial score (nSPS) is 24.9. The summed E-state index contributed by atoms with van der Waals surface area (Å²) in [5.74, 6) is 0.285. The van der Waals surface area contributed by atoms with Gasteiger partial charge in [0, 0.05) is 24.9 Å². The van der Waals surface area contributed by atoms with Gasteiger partial charge >= 0.3 is 12.1 Å². The van der Waals surface area contributed by atoms with Crippen LogP contribution >= 0.6 is 11.6 Å². The van der Waals surface area contributed by atoms with Crippen molar-refractivity contribution in [1.82, 2.24) is 4.90 Å². The van der Waals surface area contributed by atoms with Gasteiger partial charge in [-0.25, -0.2) is 4.79 Å². The van der Waals surface area contributed by atoms with Gasteiger partial charge in [0.2, 0.25) is 0 Å². The molecule has 136 valence electrons. The monoisotopic (exact) mass is 367 g/mol. The fraction of sp³-hybridized carbons (Fsp3) is 0.556. The lowest BCUT2D eigenvalue weighted by molar-refractivity contribution is -0.142. The maximum absolute atomic E-state index is 11.5. The van der Waals surface area contributed by atoms with E-state index >= 15 is 0 Å². The third-order valence-corrected chi connectivity index (χ3v) is 5.15. The van der Waals surface area contributed by atoms with Crippen LogP contribution in [0.3, 0.4) is 0 Å². The van der Waals surface area contributed by atoms with E-state index in [4.69, 9.17) is 21.1 Å². The molecule has 1 aromatic carbocycles. The van der Waals surface area contributed by atoms with Crippen LogP contribution in [0.1, 0.15) is 38.2 Å². The van der Waals surface area contributed by atoms with Crippen molar-refractivity contribution in [2.24, 2.45) is 0 Å². The van der Waals surface area contributed by atoms with Gasteiger partial charge in [-0.1, -0.05) is 17.7 Å². The number of rotatable bonds is 5. The van der Waals surface area contributed by atoms with E-state index in [-0.39, 0.29) is 30.6 Å². The number of fused-ring (bicyclic) bond motifs is 2. The van der Waals surface area contributed by atoms with Gasteiger partial charge in [0.25, 0.3) is 0 Å². The molecule has 0 radical (unpaired) electrons. The van der Waals surface area contributed by atoms with Crippen LogP contribution in [0.2, 0.25) is 5.02 Å². The van der Waals surface area contributed by atoms with Crippen LogP contribution in [-0.4, -0.2) is 46.9 Å². The minimum Gasteiger partial charge on any atom is -0.489 e. The second-order valence-corrected chi connectivity index (χ2v) is 6.94. The predicted octanol–water partition coefficient (Wildman–Crippen LogP) is 3.50. The Morgan fingerprint density at radius 1 is 1.28 bits per heavy atom. The number of hydrogen-bond donors (Lipinski definition) is 1. The fourth-order valence-electron chi connectivity index (χ4n) is 3.84. The number of benzene rings is 1. The molecule has 25 heavy (non-hydrogen) atoms. The van der Waals surface area contributed by atoms with E-state index in [1.807, 2.05) is 0 Å². The van der Waals surface area contributed by atoms with Gasteiger partial charge < -0.3 is 19.5 Å². The van der Waals surface area contributed by atoms with Crippen molar-refractivity contribution in [3.63, 3.8) is 0 Å². The van der Waals surface area contributed by atoms with Crippen molar-refractivity contribution in [2.45, 2.75) is 57.2 Å². The maximum Gasteiger partial charge on any atom is 0.407 e. The second kappa shape index (κ2) is 7.52. The average Bonchev–Trinajstić information content (AvgIpc) is 2.82. The number of ether oxygens (including phenoxy) is 2. The smallest absolute Gasteiger partial charge is 0.407 e. The van der Waals surface area contributed by atoms with Crippen molar-refractivity contribution < 1.29 is 24.2 Å². The minimum absolute atomic E-state index is 0.0307. The molecule has 2 saturated heterocycles. The van der Waals surface area contributed by atoms with Crippen molar-refractivity contribution in [2.75, 3.05) is 6.61 Å². The number of carboxylic acid groups (broad SMARTS) is 1. The molecule has 0 spiro atoms. The van der Waals surface area contributed by atoms with E-state index in [2.05, 4.69) is 0 Å². The molecule has 2 heterocycles. The first kappa shape index (κ1) is 17.9. The van der Waals surface area contributed by atoms with Crippen LogP contribution in [0.25, 0.3) is 0 Å². The van der Waals surface area contributed by atoms with Gasteiger partial charge in [0.1, 0.15) is 11.9 Å². The Morgan fingerprint density at radius 3 is 2.52 bits per heavy atom. The molecule has 2 aliphatic rings. The van der Waals surface area contributed by atoms with Gasteiger partial charge in [-0.3, -0.25) is 4.79 Å². The molecular weight excluding hydrogens is 346 g/mol. The molecule has 2 bridgehead atoms. The Balaban J connectivity index is 1.62. The fourth-order valence-corrected chi connectivity index (χ4v) is 4.09. The summed E-state index contributed by atoms with van der Waals surface area (Å²) in [6, 6.07) is 5.35. The summed E-state index contributed by atoms with van der Waals surface area (Å²) in [7, 11) is 0. The Morgan fingerprint density at radius 2 is 1.96 bits per heavy atom.